The highest BCUT2D eigenvalue weighted by Gasteiger charge is 2.47. The van der Waals surface area contributed by atoms with Crippen molar-refractivity contribution >= 4 is 5.91 Å². The molecule has 3 unspecified atom stereocenters. The summed E-state index contributed by atoms with van der Waals surface area (Å²) in [6.07, 6.45) is 0.758. The number of carbonyl (C=O) groups excluding carboxylic acids is 1. The Kier molecular flexibility index (Phi) is 4.69. The molecule has 1 N–H and O–H groups in total. The van der Waals surface area contributed by atoms with Crippen molar-refractivity contribution in [3.63, 3.8) is 0 Å². The standard InChI is InChI=1S/C17H27N3O/c1-6-17(3)16(21)20(12-13(2)19(4)5)15(18-17)14-10-8-7-9-11-14/h7-11,13,15,18H,6,12H2,1-5H3. The lowest BCUT2D eigenvalue weighted by atomic mass is 9.99. The molecule has 1 amide bonds. The van der Waals surface area contributed by atoms with E-state index in [1.807, 2.05) is 30.0 Å². The van der Waals surface area contributed by atoms with E-state index in [-0.39, 0.29) is 12.1 Å². The van der Waals surface area contributed by atoms with Crippen LogP contribution in [0, 0.1) is 0 Å². The summed E-state index contributed by atoms with van der Waals surface area (Å²) in [6.45, 7) is 6.95. The van der Waals surface area contributed by atoms with Gasteiger partial charge >= 0.3 is 0 Å². The van der Waals surface area contributed by atoms with E-state index in [1.165, 1.54) is 0 Å². The minimum absolute atomic E-state index is 0.0361. The van der Waals surface area contributed by atoms with Gasteiger partial charge in [0.15, 0.2) is 0 Å². The predicted molar refractivity (Wildman–Crippen MR) is 85.9 cm³/mol. The first kappa shape index (κ1) is 16.0. The Balaban J connectivity index is 2.30. The molecular weight excluding hydrogens is 262 g/mol. The topological polar surface area (TPSA) is 35.6 Å². The van der Waals surface area contributed by atoms with Gasteiger partial charge in [-0.15, -0.1) is 0 Å². The molecular formula is C17H27N3O. The summed E-state index contributed by atoms with van der Waals surface area (Å²) in [6, 6.07) is 10.5. The van der Waals surface area contributed by atoms with Crippen LogP contribution >= 0.6 is 0 Å². The molecule has 0 spiro atoms. The van der Waals surface area contributed by atoms with Crippen molar-refractivity contribution in [1.82, 2.24) is 15.1 Å². The molecule has 0 bridgehead atoms. The van der Waals surface area contributed by atoms with Crippen LogP contribution in [0.3, 0.4) is 0 Å². The average Bonchev–Trinajstić information content (AvgIpc) is 2.74. The molecule has 4 heteroatoms. The maximum atomic E-state index is 12.8. The summed E-state index contributed by atoms with van der Waals surface area (Å²) in [7, 11) is 4.10. The highest BCUT2D eigenvalue weighted by atomic mass is 16.2. The van der Waals surface area contributed by atoms with Crippen molar-refractivity contribution in [1.29, 1.82) is 0 Å². The molecule has 0 radical (unpaired) electrons. The molecule has 3 atom stereocenters. The highest BCUT2D eigenvalue weighted by Crippen LogP contribution is 2.32. The molecule has 116 valence electrons. The smallest absolute Gasteiger partial charge is 0.244 e. The molecule has 21 heavy (non-hydrogen) atoms. The molecule has 1 aliphatic rings. The van der Waals surface area contributed by atoms with Crippen molar-refractivity contribution in [2.24, 2.45) is 0 Å². The first-order chi connectivity index (χ1) is 9.89. The minimum atomic E-state index is -0.466. The third-order valence-corrected chi connectivity index (χ3v) is 4.66. The Bertz CT molecular complexity index is 488. The van der Waals surface area contributed by atoms with Gasteiger partial charge < -0.3 is 9.80 Å². The van der Waals surface area contributed by atoms with Gasteiger partial charge in [0.25, 0.3) is 0 Å². The second-order valence-electron chi connectivity index (χ2n) is 6.41. The van der Waals surface area contributed by atoms with E-state index in [2.05, 4.69) is 50.3 Å². The quantitative estimate of drug-likeness (QED) is 0.903. The third-order valence-electron chi connectivity index (χ3n) is 4.66. The van der Waals surface area contributed by atoms with Crippen LogP contribution in [0.4, 0.5) is 0 Å². The first-order valence-corrected chi connectivity index (χ1v) is 7.69. The van der Waals surface area contributed by atoms with Gasteiger partial charge in [0.1, 0.15) is 6.17 Å². The van der Waals surface area contributed by atoms with Gasteiger partial charge in [-0.25, -0.2) is 0 Å². The molecule has 0 aliphatic carbocycles. The number of nitrogens with one attached hydrogen (secondary N) is 1. The summed E-state index contributed by atoms with van der Waals surface area (Å²) < 4.78 is 0. The van der Waals surface area contributed by atoms with Crippen LogP contribution in [0.15, 0.2) is 30.3 Å². The molecule has 0 saturated carbocycles. The zero-order valence-corrected chi connectivity index (χ0v) is 13.8. The molecule has 2 rings (SSSR count). The van der Waals surface area contributed by atoms with E-state index >= 15 is 0 Å². The van der Waals surface area contributed by atoms with Crippen LogP contribution in [0.5, 0.6) is 0 Å². The lowest BCUT2D eigenvalue weighted by Gasteiger charge is -2.30. The lowest BCUT2D eigenvalue weighted by Crippen LogP contribution is -2.45. The monoisotopic (exact) mass is 289 g/mol. The molecule has 0 aromatic heterocycles. The number of nitrogens with zero attached hydrogens (tertiary/aromatic N) is 2. The van der Waals surface area contributed by atoms with E-state index < -0.39 is 5.54 Å². The van der Waals surface area contributed by atoms with Crippen molar-refractivity contribution < 1.29 is 4.79 Å². The van der Waals surface area contributed by atoms with Crippen LogP contribution in [0.1, 0.15) is 38.9 Å². The molecule has 1 aromatic rings. The van der Waals surface area contributed by atoms with Crippen molar-refractivity contribution in [3.05, 3.63) is 35.9 Å². The van der Waals surface area contributed by atoms with Gasteiger partial charge in [0, 0.05) is 12.6 Å². The first-order valence-electron chi connectivity index (χ1n) is 7.69. The summed E-state index contributed by atoms with van der Waals surface area (Å²) in [5.41, 5.74) is 0.681. The van der Waals surface area contributed by atoms with Gasteiger partial charge in [0.2, 0.25) is 5.91 Å². The summed E-state index contributed by atoms with van der Waals surface area (Å²) >= 11 is 0. The van der Waals surface area contributed by atoms with Crippen LogP contribution in [0.2, 0.25) is 0 Å². The number of hydrogen-bond acceptors (Lipinski definition) is 3. The van der Waals surface area contributed by atoms with Gasteiger partial charge in [-0.2, -0.15) is 0 Å². The molecule has 1 heterocycles. The second kappa shape index (κ2) is 6.16. The lowest BCUT2D eigenvalue weighted by molar-refractivity contribution is -0.133. The van der Waals surface area contributed by atoms with Crippen molar-refractivity contribution in [2.45, 2.75) is 44.9 Å². The van der Waals surface area contributed by atoms with Gasteiger partial charge in [0.05, 0.1) is 5.54 Å². The van der Waals surface area contributed by atoms with Crippen molar-refractivity contribution in [2.75, 3.05) is 20.6 Å². The maximum absolute atomic E-state index is 12.8. The third kappa shape index (κ3) is 3.11. The number of rotatable bonds is 5. The van der Waals surface area contributed by atoms with Gasteiger partial charge in [-0.1, -0.05) is 37.3 Å². The normalized spacial score (nSPS) is 27.4. The SMILES string of the molecule is CCC1(C)NC(c2ccccc2)N(CC(C)N(C)C)C1=O. The summed E-state index contributed by atoms with van der Waals surface area (Å²) in [4.78, 5) is 17.0. The fourth-order valence-electron chi connectivity index (χ4n) is 2.66. The Hall–Kier alpha value is -1.39. The Labute approximate surface area is 128 Å². The molecule has 1 fully saturated rings. The zero-order chi connectivity index (χ0) is 15.6. The van der Waals surface area contributed by atoms with Gasteiger partial charge in [-0.05, 0) is 39.9 Å². The van der Waals surface area contributed by atoms with E-state index in [0.29, 0.717) is 6.04 Å². The number of hydrogen-bond donors (Lipinski definition) is 1. The fourth-order valence-corrected chi connectivity index (χ4v) is 2.66. The van der Waals surface area contributed by atoms with Crippen LogP contribution in [0.25, 0.3) is 0 Å². The van der Waals surface area contributed by atoms with Crippen LogP contribution in [-0.2, 0) is 4.79 Å². The summed E-state index contributed by atoms with van der Waals surface area (Å²) in [5.74, 6) is 0.201. The van der Waals surface area contributed by atoms with E-state index in [1.54, 1.807) is 0 Å². The van der Waals surface area contributed by atoms with E-state index in [9.17, 15) is 4.79 Å². The zero-order valence-electron chi connectivity index (χ0n) is 13.8. The maximum Gasteiger partial charge on any atom is 0.244 e. The number of amides is 1. The Morgan fingerprint density at radius 1 is 1.33 bits per heavy atom. The molecule has 4 nitrogen and oxygen atoms in total. The summed E-state index contributed by atoms with van der Waals surface area (Å²) in [5, 5.41) is 3.54. The average molecular weight is 289 g/mol. The number of benzene rings is 1. The fraction of sp³-hybridized carbons (Fsp3) is 0.588. The van der Waals surface area contributed by atoms with E-state index in [0.717, 1.165) is 18.5 Å². The minimum Gasteiger partial charge on any atom is -0.320 e. The highest BCUT2D eigenvalue weighted by molar-refractivity contribution is 5.88. The molecule has 1 aromatic carbocycles. The largest absolute Gasteiger partial charge is 0.320 e. The van der Waals surface area contributed by atoms with Gasteiger partial charge in [-0.3, -0.25) is 10.1 Å². The van der Waals surface area contributed by atoms with E-state index in [4.69, 9.17) is 0 Å². The van der Waals surface area contributed by atoms with Crippen LogP contribution < -0.4 is 5.32 Å². The van der Waals surface area contributed by atoms with Crippen LogP contribution in [-0.4, -0.2) is 47.9 Å². The Morgan fingerprint density at radius 3 is 2.48 bits per heavy atom. The van der Waals surface area contributed by atoms with Crippen molar-refractivity contribution in [3.8, 4) is 0 Å². The molecule has 1 aliphatic heterocycles. The molecule has 1 saturated heterocycles. The number of likely N-dealkylation sites (N-methyl/N-ethyl adjacent to an activating group) is 1. The number of carbonyl (C=O) groups is 1. The Morgan fingerprint density at radius 2 is 1.95 bits per heavy atom. The predicted octanol–water partition coefficient (Wildman–Crippen LogP) is 2.24. The second-order valence-corrected chi connectivity index (χ2v) is 6.41.